The summed E-state index contributed by atoms with van der Waals surface area (Å²) in [6.07, 6.45) is 1.57. The maximum absolute atomic E-state index is 12.0. The molecule has 6 nitrogen and oxygen atoms in total. The number of aromatic nitrogens is 4. The lowest BCUT2D eigenvalue weighted by Gasteiger charge is -2.03. The van der Waals surface area contributed by atoms with Crippen molar-refractivity contribution < 1.29 is 4.42 Å². The number of aromatic amines is 1. The molecule has 0 aliphatic heterocycles. The van der Waals surface area contributed by atoms with Crippen molar-refractivity contribution in [2.45, 2.75) is 10.9 Å². The number of fused-ring (bicyclic) bond motifs is 1. The molecule has 0 aliphatic rings. The van der Waals surface area contributed by atoms with E-state index in [1.165, 1.54) is 16.3 Å². The van der Waals surface area contributed by atoms with Gasteiger partial charge in [0.1, 0.15) is 11.2 Å². The lowest BCUT2D eigenvalue weighted by atomic mass is 10.2. The van der Waals surface area contributed by atoms with Crippen molar-refractivity contribution >= 4 is 28.9 Å². The number of furan rings is 1. The molecule has 3 heterocycles. The summed E-state index contributed by atoms with van der Waals surface area (Å²) in [6, 6.07) is 12.9. The Morgan fingerprint density at radius 1 is 1.25 bits per heavy atom. The Hall–Kier alpha value is -2.51. The van der Waals surface area contributed by atoms with E-state index in [-0.39, 0.29) is 5.56 Å². The van der Waals surface area contributed by atoms with Crippen molar-refractivity contribution in [3.63, 3.8) is 0 Å². The van der Waals surface area contributed by atoms with Crippen LogP contribution in [0.4, 0.5) is 0 Å². The summed E-state index contributed by atoms with van der Waals surface area (Å²) < 4.78 is 6.88. The predicted molar refractivity (Wildman–Crippen MR) is 92.3 cm³/mol. The Balaban J connectivity index is 1.69. The van der Waals surface area contributed by atoms with Crippen LogP contribution in [-0.2, 0) is 5.75 Å². The highest BCUT2D eigenvalue weighted by molar-refractivity contribution is 7.98. The van der Waals surface area contributed by atoms with E-state index in [2.05, 4.69) is 15.3 Å². The van der Waals surface area contributed by atoms with Gasteiger partial charge in [-0.15, -0.1) is 5.10 Å². The van der Waals surface area contributed by atoms with Crippen LogP contribution in [0.15, 0.2) is 63.1 Å². The number of hydrogen-bond acceptors (Lipinski definition) is 5. The normalized spacial score (nSPS) is 11.2. The summed E-state index contributed by atoms with van der Waals surface area (Å²) in [4.78, 5) is 12.0. The molecule has 0 saturated heterocycles. The molecule has 24 heavy (non-hydrogen) atoms. The van der Waals surface area contributed by atoms with Gasteiger partial charge >= 0.3 is 0 Å². The lowest BCUT2D eigenvalue weighted by Crippen LogP contribution is -2.13. The minimum atomic E-state index is -0.295. The largest absolute Gasteiger partial charge is 0.463 e. The molecule has 0 bridgehead atoms. The van der Waals surface area contributed by atoms with Crippen molar-refractivity contribution in [1.82, 2.24) is 19.8 Å². The van der Waals surface area contributed by atoms with Crippen molar-refractivity contribution in [3.8, 4) is 11.5 Å². The molecule has 0 radical (unpaired) electrons. The topological polar surface area (TPSA) is 76.2 Å². The fraction of sp³-hybridized carbons (Fsp3) is 0.0625. The molecule has 0 spiro atoms. The highest BCUT2D eigenvalue weighted by Crippen LogP contribution is 2.24. The number of hydrogen-bond donors (Lipinski definition) is 1. The van der Waals surface area contributed by atoms with E-state index in [1.54, 1.807) is 24.5 Å². The summed E-state index contributed by atoms with van der Waals surface area (Å²) in [7, 11) is 0. The predicted octanol–water partition coefficient (Wildman–Crippen LogP) is 3.62. The van der Waals surface area contributed by atoms with Crippen LogP contribution in [0, 0.1) is 0 Å². The number of halogens is 1. The Morgan fingerprint density at radius 2 is 2.08 bits per heavy atom. The molecule has 0 amide bonds. The second kappa shape index (κ2) is 6.18. The number of rotatable bonds is 4. The van der Waals surface area contributed by atoms with E-state index in [1.807, 2.05) is 24.3 Å². The van der Waals surface area contributed by atoms with Gasteiger partial charge in [0.25, 0.3) is 5.56 Å². The fourth-order valence-corrected chi connectivity index (χ4v) is 3.24. The minimum Gasteiger partial charge on any atom is -0.463 e. The smallest absolute Gasteiger partial charge is 0.290 e. The van der Waals surface area contributed by atoms with E-state index in [0.717, 1.165) is 5.56 Å². The Bertz CT molecular complexity index is 1040. The van der Waals surface area contributed by atoms with Gasteiger partial charge in [0, 0.05) is 16.8 Å². The van der Waals surface area contributed by atoms with Crippen molar-refractivity contribution in [2.75, 3.05) is 0 Å². The molecule has 0 atom stereocenters. The zero-order chi connectivity index (χ0) is 16.5. The van der Waals surface area contributed by atoms with Crippen LogP contribution in [0.5, 0.6) is 0 Å². The molecular formula is C16H11ClN4O2S. The van der Waals surface area contributed by atoms with Crippen molar-refractivity contribution in [2.24, 2.45) is 0 Å². The molecule has 0 aliphatic carbocycles. The first-order valence-corrected chi connectivity index (χ1v) is 8.46. The van der Waals surface area contributed by atoms with Crippen LogP contribution in [0.1, 0.15) is 5.56 Å². The Morgan fingerprint density at radius 3 is 2.83 bits per heavy atom. The van der Waals surface area contributed by atoms with Gasteiger partial charge in [-0.1, -0.05) is 35.5 Å². The summed E-state index contributed by atoms with van der Waals surface area (Å²) >= 11 is 7.37. The number of nitrogens with zero attached hydrogens (tertiary/aromatic N) is 3. The van der Waals surface area contributed by atoms with Gasteiger partial charge in [0.05, 0.1) is 6.26 Å². The number of H-pyrrole nitrogens is 1. The molecule has 0 saturated carbocycles. The molecular weight excluding hydrogens is 348 g/mol. The van der Waals surface area contributed by atoms with Crippen LogP contribution in [0.25, 0.3) is 17.0 Å². The monoisotopic (exact) mass is 358 g/mol. The summed E-state index contributed by atoms with van der Waals surface area (Å²) in [5.41, 5.74) is 1.82. The Labute approximate surface area is 145 Å². The standard InChI is InChI=1S/C16H11ClN4O2S/c17-11-5-3-10(4-6-11)9-24-16-19-18-15(22)13-8-12(20-21(13)16)14-2-1-7-23-14/h1-8H,9H2,(H,18,22). The van der Waals surface area contributed by atoms with Gasteiger partial charge in [-0.25, -0.2) is 9.61 Å². The van der Waals surface area contributed by atoms with Gasteiger partial charge in [-0.3, -0.25) is 4.79 Å². The highest BCUT2D eigenvalue weighted by atomic mass is 35.5. The average Bonchev–Trinajstić information content (AvgIpc) is 3.25. The van der Waals surface area contributed by atoms with E-state index < -0.39 is 0 Å². The number of nitrogens with one attached hydrogen (secondary N) is 1. The molecule has 120 valence electrons. The molecule has 4 aromatic rings. The second-order valence-electron chi connectivity index (χ2n) is 5.05. The summed E-state index contributed by atoms with van der Waals surface area (Å²) in [5, 5.41) is 12.3. The molecule has 3 aromatic heterocycles. The first kappa shape index (κ1) is 15.0. The molecule has 0 fully saturated rings. The van der Waals surface area contributed by atoms with E-state index >= 15 is 0 Å². The van der Waals surface area contributed by atoms with Gasteiger partial charge in [0.2, 0.25) is 5.16 Å². The van der Waals surface area contributed by atoms with Crippen molar-refractivity contribution in [3.05, 3.63) is 69.7 Å². The zero-order valence-electron chi connectivity index (χ0n) is 12.3. The fourth-order valence-electron chi connectivity index (χ4n) is 2.26. The number of thioether (sulfide) groups is 1. The lowest BCUT2D eigenvalue weighted by molar-refractivity contribution is 0.578. The summed E-state index contributed by atoms with van der Waals surface area (Å²) in [6.45, 7) is 0. The van der Waals surface area contributed by atoms with E-state index in [0.29, 0.717) is 32.9 Å². The quantitative estimate of drug-likeness (QED) is 0.564. The van der Waals surface area contributed by atoms with Gasteiger partial charge in [-0.2, -0.15) is 5.10 Å². The van der Waals surface area contributed by atoms with Gasteiger partial charge in [0.15, 0.2) is 5.76 Å². The van der Waals surface area contributed by atoms with Gasteiger partial charge in [-0.05, 0) is 29.8 Å². The van der Waals surface area contributed by atoms with Crippen LogP contribution in [0.2, 0.25) is 5.02 Å². The third-order valence-corrected chi connectivity index (χ3v) is 4.68. The molecule has 4 rings (SSSR count). The molecule has 1 N–H and O–H groups in total. The third kappa shape index (κ3) is 2.83. The first-order valence-electron chi connectivity index (χ1n) is 7.10. The van der Waals surface area contributed by atoms with Crippen molar-refractivity contribution in [1.29, 1.82) is 0 Å². The molecule has 1 aromatic carbocycles. The first-order chi connectivity index (χ1) is 11.7. The van der Waals surface area contributed by atoms with E-state index in [4.69, 9.17) is 16.0 Å². The van der Waals surface area contributed by atoms with Crippen LogP contribution < -0.4 is 5.56 Å². The molecule has 0 unspecified atom stereocenters. The summed E-state index contributed by atoms with van der Waals surface area (Å²) in [5.74, 6) is 1.29. The third-order valence-electron chi connectivity index (χ3n) is 3.43. The zero-order valence-corrected chi connectivity index (χ0v) is 13.8. The molecule has 8 heteroatoms. The van der Waals surface area contributed by atoms with Crippen LogP contribution in [0.3, 0.4) is 0 Å². The van der Waals surface area contributed by atoms with E-state index in [9.17, 15) is 4.79 Å². The maximum Gasteiger partial charge on any atom is 0.290 e. The van der Waals surface area contributed by atoms with Crippen LogP contribution >= 0.6 is 23.4 Å². The number of benzene rings is 1. The minimum absolute atomic E-state index is 0.295. The maximum atomic E-state index is 12.0. The highest BCUT2D eigenvalue weighted by Gasteiger charge is 2.13. The van der Waals surface area contributed by atoms with Crippen LogP contribution in [-0.4, -0.2) is 19.8 Å². The second-order valence-corrected chi connectivity index (χ2v) is 6.43. The van der Waals surface area contributed by atoms with Gasteiger partial charge < -0.3 is 4.42 Å². The average molecular weight is 359 g/mol. The Kier molecular flexibility index (Phi) is 3.87. The SMILES string of the molecule is O=c1[nH]nc(SCc2ccc(Cl)cc2)n2nc(-c3ccco3)cc12.